The zero-order valence-corrected chi connectivity index (χ0v) is 12.2. The number of nitriles is 1. The van der Waals surface area contributed by atoms with Crippen molar-refractivity contribution < 1.29 is 14.3 Å². The van der Waals surface area contributed by atoms with Crippen LogP contribution in [-0.4, -0.2) is 32.8 Å². The molecule has 1 N–H and O–H groups in total. The predicted octanol–water partition coefficient (Wildman–Crippen LogP) is 1.87. The molecule has 1 aromatic carbocycles. The van der Waals surface area contributed by atoms with Gasteiger partial charge in [0.25, 0.3) is 5.91 Å². The number of carbonyl (C=O) groups excluding carboxylic acids is 1. The Morgan fingerprint density at radius 3 is 2.86 bits per heavy atom. The lowest BCUT2D eigenvalue weighted by Crippen LogP contribution is -2.34. The molecule has 0 spiro atoms. The average Bonchev–Trinajstić information content (AvgIpc) is 3.29. The molecule has 0 heterocycles. The van der Waals surface area contributed by atoms with Crippen LogP contribution >= 0.6 is 0 Å². The minimum atomic E-state index is -0.161. The van der Waals surface area contributed by atoms with E-state index in [0.29, 0.717) is 17.9 Å². The second-order valence-electron chi connectivity index (χ2n) is 5.42. The van der Waals surface area contributed by atoms with E-state index >= 15 is 0 Å². The molecule has 5 nitrogen and oxygen atoms in total. The van der Waals surface area contributed by atoms with Crippen molar-refractivity contribution in [1.82, 2.24) is 5.32 Å². The van der Waals surface area contributed by atoms with Gasteiger partial charge < -0.3 is 14.8 Å². The molecule has 1 fully saturated rings. The molecule has 0 radical (unpaired) electrons. The molecule has 1 amide bonds. The molecule has 5 heteroatoms. The summed E-state index contributed by atoms with van der Waals surface area (Å²) in [7, 11) is 1.69. The summed E-state index contributed by atoms with van der Waals surface area (Å²) in [5.41, 5.74) is 0.653. The predicted molar refractivity (Wildman–Crippen MR) is 77.8 cm³/mol. The number of hydrogen-bond acceptors (Lipinski definition) is 4. The van der Waals surface area contributed by atoms with Gasteiger partial charge >= 0.3 is 0 Å². The van der Waals surface area contributed by atoms with Crippen LogP contribution < -0.4 is 10.1 Å². The first-order valence-electron chi connectivity index (χ1n) is 7.07. The number of hydrogen-bond donors (Lipinski definition) is 1. The molecule has 1 aliphatic rings. The van der Waals surface area contributed by atoms with Gasteiger partial charge in [-0.15, -0.1) is 0 Å². The zero-order chi connectivity index (χ0) is 15.1. The van der Waals surface area contributed by atoms with Gasteiger partial charge in [0.2, 0.25) is 0 Å². The van der Waals surface area contributed by atoms with Crippen molar-refractivity contribution in [2.45, 2.75) is 19.3 Å². The second-order valence-corrected chi connectivity index (χ2v) is 5.42. The number of nitrogens with one attached hydrogen (secondary N) is 1. The van der Waals surface area contributed by atoms with Gasteiger partial charge in [-0.3, -0.25) is 4.79 Å². The zero-order valence-electron chi connectivity index (χ0n) is 12.2. The summed E-state index contributed by atoms with van der Waals surface area (Å²) in [6, 6.07) is 8.93. The molecule has 0 aliphatic heterocycles. The number of benzene rings is 1. The van der Waals surface area contributed by atoms with E-state index in [-0.39, 0.29) is 17.9 Å². The molecule has 1 aliphatic carbocycles. The van der Waals surface area contributed by atoms with Crippen molar-refractivity contribution in [3.8, 4) is 11.8 Å². The van der Waals surface area contributed by atoms with Crippen LogP contribution in [0.15, 0.2) is 24.3 Å². The van der Waals surface area contributed by atoms with Crippen molar-refractivity contribution >= 4 is 5.91 Å². The van der Waals surface area contributed by atoms with E-state index in [1.807, 2.05) is 6.07 Å². The van der Waals surface area contributed by atoms with Crippen molar-refractivity contribution in [3.05, 3.63) is 29.8 Å². The van der Waals surface area contributed by atoms with E-state index in [1.165, 1.54) is 0 Å². The number of carbonyl (C=O) groups is 1. The highest BCUT2D eigenvalue weighted by molar-refractivity contribution is 5.77. The molecular formula is C16H20N2O3. The van der Waals surface area contributed by atoms with Crippen molar-refractivity contribution in [3.63, 3.8) is 0 Å². The quantitative estimate of drug-likeness (QED) is 0.792. The van der Waals surface area contributed by atoms with E-state index in [0.717, 1.165) is 25.9 Å². The molecule has 0 atom stereocenters. The minimum Gasteiger partial charge on any atom is -0.482 e. The third-order valence-corrected chi connectivity index (χ3v) is 3.82. The lowest BCUT2D eigenvalue weighted by molar-refractivity contribution is -0.123. The fraction of sp³-hybridized carbons (Fsp3) is 0.500. The molecule has 1 aromatic rings. The smallest absolute Gasteiger partial charge is 0.257 e. The molecule has 1 saturated carbocycles. The summed E-state index contributed by atoms with van der Waals surface area (Å²) in [4.78, 5) is 11.8. The van der Waals surface area contributed by atoms with E-state index < -0.39 is 0 Å². The van der Waals surface area contributed by atoms with Crippen LogP contribution in [0.2, 0.25) is 0 Å². The number of ether oxygens (including phenoxy) is 2. The molecular weight excluding hydrogens is 268 g/mol. The molecule has 0 unspecified atom stereocenters. The highest BCUT2D eigenvalue weighted by Crippen LogP contribution is 2.48. The Morgan fingerprint density at radius 2 is 2.19 bits per heavy atom. The van der Waals surface area contributed by atoms with E-state index in [2.05, 4.69) is 5.32 Å². The largest absolute Gasteiger partial charge is 0.482 e. The molecule has 0 saturated heterocycles. The molecule has 2 rings (SSSR count). The van der Waals surface area contributed by atoms with E-state index in [4.69, 9.17) is 14.7 Å². The standard InChI is InChI=1S/C16H20N2O3/c1-20-9-8-16(6-7-16)12-18-15(19)11-21-14-5-3-2-4-13(14)10-17/h2-5H,6-9,11-12H2,1H3,(H,18,19). The lowest BCUT2D eigenvalue weighted by Gasteiger charge is -2.15. The maximum absolute atomic E-state index is 11.8. The number of para-hydroxylation sites is 1. The van der Waals surface area contributed by atoms with Crippen LogP contribution in [-0.2, 0) is 9.53 Å². The fourth-order valence-electron chi connectivity index (χ4n) is 2.18. The van der Waals surface area contributed by atoms with Gasteiger partial charge in [-0.25, -0.2) is 0 Å². The van der Waals surface area contributed by atoms with Gasteiger partial charge in [0, 0.05) is 20.3 Å². The minimum absolute atomic E-state index is 0.0704. The van der Waals surface area contributed by atoms with Crippen molar-refractivity contribution in [1.29, 1.82) is 5.26 Å². The van der Waals surface area contributed by atoms with E-state index in [1.54, 1.807) is 31.4 Å². The van der Waals surface area contributed by atoms with Crippen LogP contribution in [0.25, 0.3) is 0 Å². The first kappa shape index (κ1) is 15.3. The van der Waals surface area contributed by atoms with Crippen LogP contribution in [0.1, 0.15) is 24.8 Å². The van der Waals surface area contributed by atoms with Gasteiger partial charge in [-0.2, -0.15) is 5.26 Å². The van der Waals surface area contributed by atoms with Gasteiger partial charge in [0.05, 0.1) is 5.56 Å². The summed E-state index contributed by atoms with van der Waals surface area (Å²) < 4.78 is 10.5. The Hall–Kier alpha value is -2.06. The Kier molecular flexibility index (Phi) is 5.18. The van der Waals surface area contributed by atoms with Crippen molar-refractivity contribution in [2.75, 3.05) is 26.9 Å². The lowest BCUT2D eigenvalue weighted by atomic mass is 10.0. The third kappa shape index (κ3) is 4.47. The molecule has 112 valence electrons. The van der Waals surface area contributed by atoms with Gasteiger partial charge in [-0.1, -0.05) is 12.1 Å². The molecule has 0 aromatic heterocycles. The molecule has 0 bridgehead atoms. The summed E-state index contributed by atoms with van der Waals surface area (Å²) >= 11 is 0. The average molecular weight is 288 g/mol. The Balaban J connectivity index is 1.74. The molecule has 21 heavy (non-hydrogen) atoms. The van der Waals surface area contributed by atoms with Crippen LogP contribution in [0.3, 0.4) is 0 Å². The van der Waals surface area contributed by atoms with Gasteiger partial charge in [-0.05, 0) is 36.8 Å². The Morgan fingerprint density at radius 1 is 1.43 bits per heavy atom. The van der Waals surface area contributed by atoms with Gasteiger partial charge in [0.15, 0.2) is 6.61 Å². The van der Waals surface area contributed by atoms with Gasteiger partial charge in [0.1, 0.15) is 11.8 Å². The first-order valence-corrected chi connectivity index (χ1v) is 7.07. The summed E-state index contributed by atoms with van der Waals surface area (Å²) in [5, 5.41) is 11.8. The first-order chi connectivity index (χ1) is 10.2. The monoisotopic (exact) mass is 288 g/mol. The second kappa shape index (κ2) is 7.09. The SMILES string of the molecule is COCCC1(CNC(=O)COc2ccccc2C#N)CC1. The number of nitrogens with zero attached hydrogens (tertiary/aromatic N) is 1. The van der Waals surface area contributed by atoms with Crippen molar-refractivity contribution in [2.24, 2.45) is 5.41 Å². The summed E-state index contributed by atoms with van der Waals surface area (Å²) in [6.07, 6.45) is 3.24. The summed E-state index contributed by atoms with van der Waals surface area (Å²) in [6.45, 7) is 1.32. The maximum atomic E-state index is 11.8. The van der Waals surface area contributed by atoms with E-state index in [9.17, 15) is 4.79 Å². The fourth-order valence-corrected chi connectivity index (χ4v) is 2.18. The van der Waals surface area contributed by atoms with Crippen LogP contribution in [0.5, 0.6) is 5.75 Å². The Bertz CT molecular complexity index is 533. The Labute approximate surface area is 124 Å². The highest BCUT2D eigenvalue weighted by atomic mass is 16.5. The maximum Gasteiger partial charge on any atom is 0.257 e. The summed E-state index contributed by atoms with van der Waals surface area (Å²) in [5.74, 6) is 0.280. The van der Waals surface area contributed by atoms with Crippen LogP contribution in [0.4, 0.5) is 0 Å². The number of methoxy groups -OCH3 is 1. The highest BCUT2D eigenvalue weighted by Gasteiger charge is 2.42. The topological polar surface area (TPSA) is 71.3 Å². The number of amides is 1. The third-order valence-electron chi connectivity index (χ3n) is 3.82. The number of rotatable bonds is 8. The van der Waals surface area contributed by atoms with Crippen LogP contribution in [0, 0.1) is 16.7 Å². The normalized spacial score (nSPS) is 15.0.